The number of fused-ring (bicyclic) bond motifs is 5. The standard InChI is InChI=1S/C20H21N5O2/c1-27-15-10-9-14-6-3-2-4-11-25-13-21-24-19(25)17-7-5-8-18(22-17)23-20(26)16(14)12-15/h5,7-10,12-13H,2-4,6,11H2,1H3,(H,22,23,26). The van der Waals surface area contributed by atoms with Crippen molar-refractivity contribution in [2.24, 2.45) is 0 Å². The van der Waals surface area contributed by atoms with Gasteiger partial charge in [-0.3, -0.25) is 4.79 Å². The van der Waals surface area contributed by atoms with Crippen LogP contribution in [0.15, 0.2) is 42.7 Å². The molecule has 0 radical (unpaired) electrons. The molecule has 0 unspecified atom stereocenters. The Kier molecular flexibility index (Phi) is 4.82. The second-order valence-corrected chi connectivity index (χ2v) is 6.54. The molecule has 3 aromatic rings. The lowest BCUT2D eigenvalue weighted by atomic mass is 10.00. The van der Waals surface area contributed by atoms with Crippen LogP contribution in [0.3, 0.4) is 0 Å². The fourth-order valence-corrected chi connectivity index (χ4v) is 3.32. The minimum absolute atomic E-state index is 0.188. The molecule has 7 nitrogen and oxygen atoms in total. The van der Waals surface area contributed by atoms with Crippen molar-refractivity contribution in [3.05, 3.63) is 53.9 Å². The number of hydrogen-bond donors (Lipinski definition) is 1. The normalized spacial score (nSPS) is 14.5. The van der Waals surface area contributed by atoms with Crippen LogP contribution in [0.1, 0.15) is 35.2 Å². The quantitative estimate of drug-likeness (QED) is 0.717. The molecule has 138 valence electrons. The van der Waals surface area contributed by atoms with Crippen LogP contribution < -0.4 is 10.1 Å². The summed E-state index contributed by atoms with van der Waals surface area (Å²) in [5.41, 5.74) is 2.33. The highest BCUT2D eigenvalue weighted by Crippen LogP contribution is 2.23. The molecule has 2 aromatic heterocycles. The molecular formula is C20H21N5O2. The van der Waals surface area contributed by atoms with Crippen LogP contribution >= 0.6 is 0 Å². The van der Waals surface area contributed by atoms with Crippen molar-refractivity contribution in [1.29, 1.82) is 0 Å². The molecule has 7 heteroatoms. The number of methoxy groups -OCH3 is 1. The van der Waals surface area contributed by atoms with E-state index in [4.69, 9.17) is 4.74 Å². The third kappa shape index (κ3) is 3.67. The van der Waals surface area contributed by atoms with Crippen LogP contribution in [-0.4, -0.2) is 32.8 Å². The molecule has 4 rings (SSSR count). The molecule has 1 amide bonds. The first-order chi connectivity index (χ1) is 13.2. The summed E-state index contributed by atoms with van der Waals surface area (Å²) < 4.78 is 7.31. The molecule has 0 saturated carbocycles. The highest BCUT2D eigenvalue weighted by atomic mass is 16.5. The summed E-state index contributed by atoms with van der Waals surface area (Å²) in [5.74, 6) is 1.68. The number of aryl methyl sites for hydroxylation is 2. The molecule has 1 aliphatic rings. The van der Waals surface area contributed by atoms with Gasteiger partial charge in [0.15, 0.2) is 5.82 Å². The smallest absolute Gasteiger partial charge is 0.257 e. The molecule has 0 atom stereocenters. The highest BCUT2D eigenvalue weighted by molar-refractivity contribution is 6.05. The van der Waals surface area contributed by atoms with E-state index in [0.717, 1.165) is 37.8 Å². The molecule has 0 spiro atoms. The van der Waals surface area contributed by atoms with E-state index in [2.05, 4.69) is 20.5 Å². The number of amides is 1. The van der Waals surface area contributed by atoms with Crippen molar-refractivity contribution < 1.29 is 9.53 Å². The van der Waals surface area contributed by atoms with Gasteiger partial charge in [0.2, 0.25) is 0 Å². The first kappa shape index (κ1) is 17.2. The topological polar surface area (TPSA) is 81.9 Å². The van der Waals surface area contributed by atoms with Gasteiger partial charge in [-0.05, 0) is 49.1 Å². The van der Waals surface area contributed by atoms with Gasteiger partial charge in [-0.2, -0.15) is 0 Å². The lowest BCUT2D eigenvalue weighted by Gasteiger charge is -2.13. The number of anilines is 1. The second kappa shape index (κ2) is 7.57. The van der Waals surface area contributed by atoms with Crippen molar-refractivity contribution in [2.75, 3.05) is 12.4 Å². The van der Waals surface area contributed by atoms with Gasteiger partial charge in [0.05, 0.1) is 7.11 Å². The Labute approximate surface area is 157 Å². The summed E-state index contributed by atoms with van der Waals surface area (Å²) in [6.07, 6.45) is 5.65. The third-order valence-electron chi connectivity index (χ3n) is 4.74. The highest BCUT2D eigenvalue weighted by Gasteiger charge is 2.16. The second-order valence-electron chi connectivity index (χ2n) is 6.54. The molecule has 0 fully saturated rings. The summed E-state index contributed by atoms with van der Waals surface area (Å²) in [7, 11) is 1.60. The molecule has 0 aliphatic carbocycles. The van der Waals surface area contributed by atoms with Crippen molar-refractivity contribution in [2.45, 2.75) is 32.2 Å². The van der Waals surface area contributed by atoms with E-state index in [0.29, 0.717) is 28.6 Å². The Bertz CT molecular complexity index is 967. The van der Waals surface area contributed by atoms with Gasteiger partial charge in [-0.15, -0.1) is 10.2 Å². The van der Waals surface area contributed by atoms with Gasteiger partial charge in [-0.1, -0.05) is 18.6 Å². The van der Waals surface area contributed by atoms with Crippen LogP contribution in [0, 0.1) is 0 Å². The minimum Gasteiger partial charge on any atom is -0.497 e. The van der Waals surface area contributed by atoms with Crippen LogP contribution in [0.5, 0.6) is 5.75 Å². The van der Waals surface area contributed by atoms with E-state index < -0.39 is 0 Å². The maximum Gasteiger partial charge on any atom is 0.257 e. The summed E-state index contributed by atoms with van der Waals surface area (Å²) in [4.78, 5) is 17.5. The number of aromatic nitrogens is 4. The zero-order valence-corrected chi connectivity index (χ0v) is 15.2. The van der Waals surface area contributed by atoms with Crippen molar-refractivity contribution >= 4 is 11.7 Å². The third-order valence-corrected chi connectivity index (χ3v) is 4.74. The van der Waals surface area contributed by atoms with Crippen molar-refractivity contribution in [3.63, 3.8) is 0 Å². The number of carbonyl (C=O) groups is 1. The predicted molar refractivity (Wildman–Crippen MR) is 102 cm³/mol. The van der Waals surface area contributed by atoms with Gasteiger partial charge >= 0.3 is 0 Å². The first-order valence-electron chi connectivity index (χ1n) is 9.08. The molecule has 1 aliphatic heterocycles. The Hall–Kier alpha value is -3.22. The fourth-order valence-electron chi connectivity index (χ4n) is 3.32. The van der Waals surface area contributed by atoms with Crippen molar-refractivity contribution in [1.82, 2.24) is 19.7 Å². The summed E-state index contributed by atoms with van der Waals surface area (Å²) >= 11 is 0. The molecule has 1 N–H and O–H groups in total. The Morgan fingerprint density at radius 1 is 1.15 bits per heavy atom. The number of ether oxygens (including phenoxy) is 1. The van der Waals surface area contributed by atoms with Gasteiger partial charge in [-0.25, -0.2) is 4.98 Å². The van der Waals surface area contributed by atoms with Crippen LogP contribution in [0.4, 0.5) is 5.82 Å². The van der Waals surface area contributed by atoms with Crippen LogP contribution in [0.2, 0.25) is 0 Å². The van der Waals surface area contributed by atoms with E-state index in [1.165, 1.54) is 0 Å². The zero-order chi connectivity index (χ0) is 18.6. The molecular weight excluding hydrogens is 342 g/mol. The molecule has 3 heterocycles. The maximum absolute atomic E-state index is 12.9. The number of nitrogens with zero attached hydrogens (tertiary/aromatic N) is 4. The van der Waals surface area contributed by atoms with Crippen LogP contribution in [0.25, 0.3) is 11.5 Å². The van der Waals surface area contributed by atoms with Crippen molar-refractivity contribution in [3.8, 4) is 17.3 Å². The number of hydrogen-bond acceptors (Lipinski definition) is 5. The average molecular weight is 363 g/mol. The Morgan fingerprint density at radius 2 is 2.07 bits per heavy atom. The summed E-state index contributed by atoms with van der Waals surface area (Å²) in [6, 6.07) is 11.2. The molecule has 1 aromatic carbocycles. The summed E-state index contributed by atoms with van der Waals surface area (Å²) in [5, 5.41) is 11.1. The van der Waals surface area contributed by atoms with E-state index in [9.17, 15) is 4.79 Å². The van der Waals surface area contributed by atoms with E-state index >= 15 is 0 Å². The maximum atomic E-state index is 12.9. The van der Waals surface area contributed by atoms with Crippen LogP contribution in [-0.2, 0) is 13.0 Å². The largest absolute Gasteiger partial charge is 0.497 e. The predicted octanol–water partition coefficient (Wildman–Crippen LogP) is 3.33. The lowest BCUT2D eigenvalue weighted by molar-refractivity contribution is 0.102. The van der Waals surface area contributed by atoms with E-state index in [1.807, 2.05) is 28.8 Å². The zero-order valence-electron chi connectivity index (χ0n) is 15.2. The summed E-state index contributed by atoms with van der Waals surface area (Å²) in [6.45, 7) is 0.843. The van der Waals surface area contributed by atoms with Gasteiger partial charge < -0.3 is 14.6 Å². The SMILES string of the molecule is COc1ccc2c(c1)C(=O)Nc1cccc(n1)-c1nncn1CCCCC2. The van der Waals surface area contributed by atoms with E-state index in [-0.39, 0.29) is 5.91 Å². The average Bonchev–Trinajstić information content (AvgIpc) is 3.16. The number of carbonyl (C=O) groups excluding carboxylic acids is 1. The molecule has 2 bridgehead atoms. The Balaban J connectivity index is 1.74. The lowest BCUT2D eigenvalue weighted by Crippen LogP contribution is -2.16. The Morgan fingerprint density at radius 3 is 2.96 bits per heavy atom. The monoisotopic (exact) mass is 363 g/mol. The van der Waals surface area contributed by atoms with Gasteiger partial charge in [0.1, 0.15) is 23.6 Å². The molecule has 0 saturated heterocycles. The molecule has 27 heavy (non-hydrogen) atoms. The number of pyridine rings is 1. The number of benzene rings is 1. The fraction of sp³-hybridized carbons (Fsp3) is 0.300. The number of nitrogens with one attached hydrogen (secondary N) is 1. The first-order valence-corrected chi connectivity index (χ1v) is 9.08. The number of rotatable bonds is 1. The van der Waals surface area contributed by atoms with Gasteiger partial charge in [0, 0.05) is 12.1 Å². The van der Waals surface area contributed by atoms with E-state index in [1.54, 1.807) is 25.6 Å². The minimum atomic E-state index is -0.188. The van der Waals surface area contributed by atoms with Gasteiger partial charge in [0.25, 0.3) is 5.91 Å².